The van der Waals surface area contributed by atoms with Gasteiger partial charge in [-0.2, -0.15) is 0 Å². The van der Waals surface area contributed by atoms with E-state index in [1.807, 2.05) is 0 Å². The third-order valence-electron chi connectivity index (χ3n) is 4.34. The molecule has 3 N–H and O–H groups in total. The van der Waals surface area contributed by atoms with Crippen molar-refractivity contribution in [1.29, 1.82) is 0 Å². The lowest BCUT2D eigenvalue weighted by Gasteiger charge is -2.27. The number of hydrogen-bond donors (Lipinski definition) is 2. The predicted molar refractivity (Wildman–Crippen MR) is 97.7 cm³/mol. The van der Waals surface area contributed by atoms with E-state index in [1.165, 1.54) is 6.92 Å². The molecule has 6 nitrogen and oxygen atoms in total. The second-order valence-electron chi connectivity index (χ2n) is 6.10. The molecule has 26 heavy (non-hydrogen) atoms. The van der Waals surface area contributed by atoms with E-state index in [1.54, 1.807) is 48.5 Å². The summed E-state index contributed by atoms with van der Waals surface area (Å²) in [5.41, 5.74) is 4.82. The largest absolute Gasteiger partial charge is 0.367 e. The van der Waals surface area contributed by atoms with Crippen LogP contribution in [-0.2, 0) is 9.59 Å². The van der Waals surface area contributed by atoms with Gasteiger partial charge in [0.05, 0.1) is 6.04 Å². The fourth-order valence-corrected chi connectivity index (χ4v) is 3.09. The number of amides is 4. The van der Waals surface area contributed by atoms with E-state index in [2.05, 4.69) is 5.32 Å². The minimum Gasteiger partial charge on any atom is -0.367 e. The van der Waals surface area contributed by atoms with Gasteiger partial charge in [-0.15, -0.1) is 0 Å². The van der Waals surface area contributed by atoms with Crippen LogP contribution in [0.25, 0.3) is 0 Å². The molecule has 3 rings (SSSR count). The number of hydrogen-bond acceptors (Lipinski definition) is 3. The lowest BCUT2D eigenvalue weighted by molar-refractivity contribution is -0.138. The van der Waals surface area contributed by atoms with E-state index in [0.29, 0.717) is 21.2 Å². The van der Waals surface area contributed by atoms with Gasteiger partial charge in [-0.05, 0) is 42.3 Å². The summed E-state index contributed by atoms with van der Waals surface area (Å²) in [5.74, 6) is -1.64. The molecular weight excluding hydrogens is 377 g/mol. The molecule has 8 heteroatoms. The molecule has 2 aromatic rings. The lowest BCUT2D eigenvalue weighted by atomic mass is 9.95. The highest BCUT2D eigenvalue weighted by molar-refractivity contribution is 6.30. The summed E-state index contributed by atoms with van der Waals surface area (Å²) in [4.78, 5) is 38.2. The van der Waals surface area contributed by atoms with E-state index in [9.17, 15) is 14.4 Å². The molecular formula is C18H15Cl2N3O3. The van der Waals surface area contributed by atoms with Gasteiger partial charge < -0.3 is 11.1 Å². The number of rotatable bonds is 4. The number of carbonyl (C=O) groups excluding carboxylic acids is 3. The molecule has 1 aliphatic heterocycles. The van der Waals surface area contributed by atoms with Crippen molar-refractivity contribution in [3.8, 4) is 0 Å². The molecule has 0 aromatic heterocycles. The summed E-state index contributed by atoms with van der Waals surface area (Å²) >= 11 is 11.9. The third-order valence-corrected chi connectivity index (χ3v) is 4.85. The standard InChI is InChI=1S/C18H15Cl2N3O3/c1-18(15(21)24)16(25)23(17(26)22-18)14(10-2-6-12(19)7-3-10)11-4-8-13(20)9-5-11/h2-9,14H,1H3,(H2,21,24)(H,22,26). The van der Waals surface area contributed by atoms with Crippen molar-refractivity contribution in [2.75, 3.05) is 0 Å². The summed E-state index contributed by atoms with van der Waals surface area (Å²) in [6.45, 7) is 1.29. The van der Waals surface area contributed by atoms with Gasteiger partial charge in [-0.25, -0.2) is 9.69 Å². The van der Waals surface area contributed by atoms with Gasteiger partial charge in [0.1, 0.15) is 0 Å². The normalized spacial score (nSPS) is 19.8. The summed E-state index contributed by atoms with van der Waals surface area (Å²) in [6, 6.07) is 12.0. The van der Waals surface area contributed by atoms with E-state index in [4.69, 9.17) is 28.9 Å². The lowest BCUT2D eigenvalue weighted by Crippen LogP contribution is -2.54. The molecule has 1 heterocycles. The molecule has 1 unspecified atom stereocenters. The van der Waals surface area contributed by atoms with E-state index < -0.39 is 29.4 Å². The number of nitrogens with one attached hydrogen (secondary N) is 1. The number of halogens is 2. The molecule has 0 bridgehead atoms. The van der Waals surface area contributed by atoms with Gasteiger partial charge in [0.15, 0.2) is 5.54 Å². The van der Waals surface area contributed by atoms with E-state index in [0.717, 1.165) is 4.90 Å². The summed E-state index contributed by atoms with van der Waals surface area (Å²) in [6.07, 6.45) is 0. The van der Waals surface area contributed by atoms with Gasteiger partial charge in [-0.3, -0.25) is 9.59 Å². The molecule has 0 radical (unpaired) electrons. The molecule has 1 saturated heterocycles. The van der Waals surface area contributed by atoms with Crippen LogP contribution in [0.3, 0.4) is 0 Å². The zero-order valence-electron chi connectivity index (χ0n) is 13.7. The van der Waals surface area contributed by atoms with Crippen LogP contribution in [0.4, 0.5) is 4.79 Å². The maximum absolute atomic E-state index is 12.9. The number of primary amides is 1. The van der Waals surface area contributed by atoms with Gasteiger partial charge in [-0.1, -0.05) is 47.5 Å². The van der Waals surface area contributed by atoms with Crippen LogP contribution >= 0.6 is 23.2 Å². The number of benzene rings is 2. The van der Waals surface area contributed by atoms with Crippen molar-refractivity contribution in [2.24, 2.45) is 5.73 Å². The average Bonchev–Trinajstić information content (AvgIpc) is 2.83. The minimum atomic E-state index is -1.80. The molecule has 4 amide bonds. The van der Waals surface area contributed by atoms with Crippen molar-refractivity contribution < 1.29 is 14.4 Å². The Bertz CT molecular complexity index is 838. The van der Waals surface area contributed by atoms with Crippen LogP contribution in [0.5, 0.6) is 0 Å². The van der Waals surface area contributed by atoms with Gasteiger partial charge in [0, 0.05) is 10.0 Å². The van der Waals surface area contributed by atoms with E-state index >= 15 is 0 Å². The van der Waals surface area contributed by atoms with Crippen LogP contribution in [0.2, 0.25) is 10.0 Å². The maximum atomic E-state index is 12.9. The quantitative estimate of drug-likeness (QED) is 0.619. The van der Waals surface area contributed by atoms with Crippen LogP contribution in [-0.4, -0.2) is 28.3 Å². The number of carbonyl (C=O) groups is 3. The molecule has 0 aliphatic carbocycles. The van der Waals surface area contributed by atoms with Gasteiger partial charge in [0.2, 0.25) is 0 Å². The smallest absolute Gasteiger partial charge is 0.326 e. The first-order chi connectivity index (χ1) is 12.2. The Morgan fingerprint density at radius 3 is 1.77 bits per heavy atom. The Hall–Kier alpha value is -2.57. The topological polar surface area (TPSA) is 92.5 Å². The summed E-state index contributed by atoms with van der Waals surface area (Å²) < 4.78 is 0. The summed E-state index contributed by atoms with van der Waals surface area (Å²) in [5, 5.41) is 3.42. The van der Waals surface area contributed by atoms with E-state index in [-0.39, 0.29) is 0 Å². The van der Waals surface area contributed by atoms with Crippen molar-refractivity contribution in [2.45, 2.75) is 18.5 Å². The first kappa shape index (κ1) is 18.2. The first-order valence-corrected chi connectivity index (χ1v) is 8.46. The molecule has 1 aliphatic rings. The zero-order chi connectivity index (χ0) is 19.1. The van der Waals surface area contributed by atoms with Gasteiger partial charge in [0.25, 0.3) is 11.8 Å². The minimum absolute atomic E-state index is 0.516. The molecule has 134 valence electrons. The van der Waals surface area contributed by atoms with Crippen LogP contribution < -0.4 is 11.1 Å². The highest BCUT2D eigenvalue weighted by atomic mass is 35.5. The summed E-state index contributed by atoms with van der Waals surface area (Å²) in [7, 11) is 0. The van der Waals surface area contributed by atoms with Crippen LogP contribution in [0.15, 0.2) is 48.5 Å². The van der Waals surface area contributed by atoms with Gasteiger partial charge >= 0.3 is 6.03 Å². The molecule has 1 atom stereocenters. The fourth-order valence-electron chi connectivity index (χ4n) is 2.84. The van der Waals surface area contributed by atoms with Crippen molar-refractivity contribution in [3.05, 3.63) is 69.7 Å². The zero-order valence-corrected chi connectivity index (χ0v) is 15.2. The predicted octanol–water partition coefficient (Wildman–Crippen LogP) is 2.88. The van der Waals surface area contributed by atoms with Crippen molar-refractivity contribution in [1.82, 2.24) is 10.2 Å². The number of urea groups is 1. The Balaban J connectivity index is 2.13. The maximum Gasteiger partial charge on any atom is 0.326 e. The monoisotopic (exact) mass is 391 g/mol. The third kappa shape index (κ3) is 3.02. The Morgan fingerprint density at radius 1 is 1.00 bits per heavy atom. The molecule has 1 fully saturated rings. The molecule has 0 saturated carbocycles. The average molecular weight is 392 g/mol. The Labute approximate surface area is 159 Å². The second kappa shape index (κ2) is 6.63. The highest BCUT2D eigenvalue weighted by Crippen LogP contribution is 2.34. The highest BCUT2D eigenvalue weighted by Gasteiger charge is 2.54. The van der Waals surface area contributed by atoms with Crippen LogP contribution in [0, 0.1) is 0 Å². The fraction of sp³-hybridized carbons (Fsp3) is 0.167. The number of nitrogens with two attached hydrogens (primary N) is 1. The van der Waals surface area contributed by atoms with Crippen molar-refractivity contribution >= 4 is 41.0 Å². The first-order valence-electron chi connectivity index (χ1n) is 7.70. The molecule has 0 spiro atoms. The SMILES string of the molecule is CC1(C(N)=O)NC(=O)N(C(c2ccc(Cl)cc2)c2ccc(Cl)cc2)C1=O. The number of nitrogens with zero attached hydrogens (tertiary/aromatic N) is 1. The number of imide groups is 1. The Morgan fingerprint density at radius 2 is 1.42 bits per heavy atom. The van der Waals surface area contributed by atoms with Crippen LogP contribution in [0.1, 0.15) is 24.1 Å². The van der Waals surface area contributed by atoms with Crippen molar-refractivity contribution in [3.63, 3.8) is 0 Å². The Kier molecular flexibility index (Phi) is 4.64. The molecule has 2 aromatic carbocycles. The second-order valence-corrected chi connectivity index (χ2v) is 6.97.